The van der Waals surface area contributed by atoms with E-state index in [1.807, 2.05) is 6.92 Å². The molecule has 2 aromatic rings. The highest BCUT2D eigenvalue weighted by atomic mass is 16.5. The van der Waals surface area contributed by atoms with E-state index in [0.717, 1.165) is 61.1 Å². The molecule has 3 heterocycles. The monoisotopic (exact) mass is 375 g/mol. The van der Waals surface area contributed by atoms with Crippen molar-refractivity contribution in [3.8, 4) is 0 Å². The molecule has 2 aromatic heterocycles. The van der Waals surface area contributed by atoms with Gasteiger partial charge in [0.05, 0.1) is 18.0 Å². The van der Waals surface area contributed by atoms with E-state index < -0.39 is 0 Å². The predicted octanol–water partition coefficient (Wildman–Crippen LogP) is 2.78. The number of rotatable bonds is 8. The van der Waals surface area contributed by atoms with E-state index in [1.54, 1.807) is 7.11 Å². The van der Waals surface area contributed by atoms with Gasteiger partial charge in [-0.1, -0.05) is 0 Å². The molecular formula is C19H29N5O3. The Morgan fingerprint density at radius 3 is 2.96 bits per heavy atom. The number of anilines is 1. The highest BCUT2D eigenvalue weighted by Crippen LogP contribution is 2.29. The molecule has 27 heavy (non-hydrogen) atoms. The van der Waals surface area contributed by atoms with Crippen molar-refractivity contribution in [1.82, 2.24) is 19.9 Å². The van der Waals surface area contributed by atoms with Crippen LogP contribution in [0.4, 0.5) is 10.6 Å². The van der Waals surface area contributed by atoms with E-state index in [1.165, 1.54) is 6.33 Å². The number of urea groups is 1. The summed E-state index contributed by atoms with van der Waals surface area (Å²) < 4.78 is 13.0. The molecule has 0 radical (unpaired) electrons. The molecule has 8 heteroatoms. The fraction of sp³-hybridized carbons (Fsp3) is 0.632. The van der Waals surface area contributed by atoms with Crippen LogP contribution in [-0.2, 0) is 16.0 Å². The molecule has 148 valence electrons. The molecule has 0 spiro atoms. The minimum atomic E-state index is -0.253. The molecule has 0 aliphatic carbocycles. The Morgan fingerprint density at radius 2 is 2.22 bits per heavy atom. The van der Waals surface area contributed by atoms with Crippen LogP contribution in [0.25, 0.3) is 11.0 Å². The van der Waals surface area contributed by atoms with Crippen molar-refractivity contribution in [2.75, 3.05) is 32.2 Å². The van der Waals surface area contributed by atoms with Gasteiger partial charge in [-0.05, 0) is 45.1 Å². The van der Waals surface area contributed by atoms with Crippen LogP contribution in [0.5, 0.6) is 0 Å². The third kappa shape index (κ3) is 4.56. The highest BCUT2D eigenvalue weighted by molar-refractivity contribution is 5.99. The number of nitrogens with one attached hydrogen (secondary N) is 2. The van der Waals surface area contributed by atoms with Gasteiger partial charge in [-0.3, -0.25) is 5.32 Å². The smallest absolute Gasteiger partial charge is 0.320 e. The number of fused-ring (bicyclic) bond motifs is 1. The number of unbranched alkanes of at least 4 members (excludes halogenated alkanes) is 1. The molecule has 2 N–H and O–H groups in total. The lowest BCUT2D eigenvalue weighted by Crippen LogP contribution is -2.30. The van der Waals surface area contributed by atoms with Crippen LogP contribution < -0.4 is 10.6 Å². The van der Waals surface area contributed by atoms with E-state index in [4.69, 9.17) is 9.47 Å². The molecule has 2 amide bonds. The van der Waals surface area contributed by atoms with Gasteiger partial charge in [-0.15, -0.1) is 0 Å². The first kappa shape index (κ1) is 19.6. The Balaban J connectivity index is 1.73. The predicted molar refractivity (Wildman–Crippen MR) is 104 cm³/mol. The molecule has 0 bridgehead atoms. The van der Waals surface area contributed by atoms with E-state index in [-0.39, 0.29) is 12.1 Å². The lowest BCUT2D eigenvalue weighted by Gasteiger charge is -2.13. The second-order valence-electron chi connectivity index (χ2n) is 6.96. The zero-order valence-corrected chi connectivity index (χ0v) is 16.4. The van der Waals surface area contributed by atoms with Gasteiger partial charge in [0.25, 0.3) is 0 Å². The number of hydrogen-bond acceptors (Lipinski definition) is 5. The minimum absolute atomic E-state index is 0.223. The maximum Gasteiger partial charge on any atom is 0.320 e. The van der Waals surface area contributed by atoms with Gasteiger partial charge in [0.15, 0.2) is 0 Å². The molecule has 1 aliphatic rings. The van der Waals surface area contributed by atoms with Crippen molar-refractivity contribution in [1.29, 1.82) is 0 Å². The second-order valence-corrected chi connectivity index (χ2v) is 6.96. The summed E-state index contributed by atoms with van der Waals surface area (Å²) >= 11 is 0. The Labute approximate surface area is 159 Å². The number of carbonyl (C=O) groups excluding carboxylic acids is 1. The Morgan fingerprint density at radius 1 is 1.37 bits per heavy atom. The van der Waals surface area contributed by atoms with E-state index >= 15 is 0 Å². The third-order valence-electron chi connectivity index (χ3n) is 5.11. The Kier molecular flexibility index (Phi) is 6.63. The number of aromatic nitrogens is 3. The maximum absolute atomic E-state index is 12.2. The third-order valence-corrected chi connectivity index (χ3v) is 5.11. The van der Waals surface area contributed by atoms with Crippen LogP contribution in [0.2, 0.25) is 0 Å². The first-order valence-corrected chi connectivity index (χ1v) is 9.57. The summed E-state index contributed by atoms with van der Waals surface area (Å²) in [5, 5.41) is 6.63. The standard InChI is InChI=1S/C19H29N5O3/c1-13-14(2)24(11-15-7-6-10-27-15)18-16(13)17(21-12-22-18)23-19(25)20-8-4-5-9-26-3/h12,15H,4-11H2,1-3H3,(H2,20,21,22,23,25). The number of ether oxygens (including phenoxy) is 2. The van der Waals surface area contributed by atoms with Gasteiger partial charge in [0.2, 0.25) is 0 Å². The van der Waals surface area contributed by atoms with Gasteiger partial charge < -0.3 is 19.4 Å². The summed E-state index contributed by atoms with van der Waals surface area (Å²) in [7, 11) is 1.68. The van der Waals surface area contributed by atoms with Crippen LogP contribution in [0.15, 0.2) is 6.33 Å². The first-order chi connectivity index (χ1) is 13.1. The Hall–Kier alpha value is -2.19. The van der Waals surface area contributed by atoms with Crippen LogP contribution in [0, 0.1) is 13.8 Å². The van der Waals surface area contributed by atoms with E-state index in [2.05, 4.69) is 32.1 Å². The van der Waals surface area contributed by atoms with Gasteiger partial charge in [-0.2, -0.15) is 0 Å². The van der Waals surface area contributed by atoms with Crippen molar-refractivity contribution in [2.45, 2.75) is 52.2 Å². The molecule has 8 nitrogen and oxygen atoms in total. The van der Waals surface area contributed by atoms with Crippen LogP contribution >= 0.6 is 0 Å². The fourth-order valence-electron chi connectivity index (χ4n) is 3.50. The average Bonchev–Trinajstić information content (AvgIpc) is 3.25. The topological polar surface area (TPSA) is 90.3 Å². The van der Waals surface area contributed by atoms with Gasteiger partial charge >= 0.3 is 6.03 Å². The summed E-state index contributed by atoms with van der Waals surface area (Å²) in [4.78, 5) is 21.0. The number of hydrogen-bond donors (Lipinski definition) is 2. The molecule has 1 atom stereocenters. The number of carbonyl (C=O) groups is 1. The first-order valence-electron chi connectivity index (χ1n) is 9.57. The number of methoxy groups -OCH3 is 1. The van der Waals surface area contributed by atoms with Crippen molar-refractivity contribution in [2.24, 2.45) is 0 Å². The van der Waals surface area contributed by atoms with Crippen molar-refractivity contribution >= 4 is 22.9 Å². The van der Waals surface area contributed by atoms with Crippen LogP contribution in [0.3, 0.4) is 0 Å². The normalized spacial score (nSPS) is 16.8. The number of aryl methyl sites for hydroxylation is 1. The highest BCUT2D eigenvalue weighted by Gasteiger charge is 2.22. The molecule has 0 saturated carbocycles. The minimum Gasteiger partial charge on any atom is -0.385 e. The molecular weight excluding hydrogens is 346 g/mol. The average molecular weight is 375 g/mol. The molecule has 1 unspecified atom stereocenters. The summed E-state index contributed by atoms with van der Waals surface area (Å²) in [5.41, 5.74) is 3.05. The molecule has 1 fully saturated rings. The van der Waals surface area contributed by atoms with Crippen molar-refractivity contribution < 1.29 is 14.3 Å². The molecule has 0 aromatic carbocycles. The number of nitrogens with zero attached hydrogens (tertiary/aromatic N) is 3. The largest absolute Gasteiger partial charge is 0.385 e. The van der Waals surface area contributed by atoms with Crippen LogP contribution in [-0.4, -0.2) is 53.5 Å². The number of amides is 2. The van der Waals surface area contributed by atoms with Crippen LogP contribution in [0.1, 0.15) is 36.9 Å². The molecule has 3 rings (SSSR count). The van der Waals surface area contributed by atoms with Gasteiger partial charge in [0, 0.05) is 32.6 Å². The lowest BCUT2D eigenvalue weighted by atomic mass is 10.2. The van der Waals surface area contributed by atoms with E-state index in [9.17, 15) is 4.79 Å². The second kappa shape index (κ2) is 9.14. The zero-order valence-electron chi connectivity index (χ0n) is 16.4. The SMILES string of the molecule is COCCCCNC(=O)Nc1ncnc2c1c(C)c(C)n2CC1CCCO1. The van der Waals surface area contributed by atoms with Crippen molar-refractivity contribution in [3.05, 3.63) is 17.6 Å². The lowest BCUT2D eigenvalue weighted by molar-refractivity contribution is 0.0974. The summed E-state index contributed by atoms with van der Waals surface area (Å²) in [6.45, 7) is 7.02. The quantitative estimate of drug-likeness (QED) is 0.693. The fourth-order valence-corrected chi connectivity index (χ4v) is 3.50. The Bertz CT molecular complexity index is 783. The van der Waals surface area contributed by atoms with Gasteiger partial charge in [0.1, 0.15) is 17.8 Å². The summed E-state index contributed by atoms with van der Waals surface area (Å²) in [6.07, 6.45) is 5.69. The summed E-state index contributed by atoms with van der Waals surface area (Å²) in [6, 6.07) is -0.253. The summed E-state index contributed by atoms with van der Waals surface area (Å²) in [5.74, 6) is 0.543. The zero-order chi connectivity index (χ0) is 19.2. The maximum atomic E-state index is 12.2. The van der Waals surface area contributed by atoms with E-state index in [0.29, 0.717) is 19.0 Å². The van der Waals surface area contributed by atoms with Crippen molar-refractivity contribution in [3.63, 3.8) is 0 Å². The molecule has 1 saturated heterocycles. The van der Waals surface area contributed by atoms with Gasteiger partial charge in [-0.25, -0.2) is 14.8 Å². The molecule has 1 aliphatic heterocycles.